The van der Waals surface area contributed by atoms with Gasteiger partial charge in [-0.2, -0.15) is 5.10 Å². The molecule has 6 nitrogen and oxygen atoms in total. The molecule has 4 rings (SSSR count). The fourth-order valence-electron chi connectivity index (χ4n) is 3.51. The molecule has 1 saturated heterocycles. The van der Waals surface area contributed by atoms with Crippen molar-refractivity contribution >= 4 is 40.9 Å². The van der Waals surface area contributed by atoms with E-state index in [9.17, 15) is 0 Å². The smallest absolute Gasteiger partial charge is 0.286 e. The first kappa shape index (κ1) is 23.8. The molecule has 1 aromatic carbocycles. The first-order valence-electron chi connectivity index (χ1n) is 9.57. The molecule has 8 heteroatoms. The number of nitrogens with two attached hydrogens (primary N) is 1. The average molecular weight is 534 g/mol. The van der Waals surface area contributed by atoms with E-state index in [1.165, 1.54) is 24.1 Å². The zero-order valence-corrected chi connectivity index (χ0v) is 20.2. The molecule has 30 heavy (non-hydrogen) atoms. The highest BCUT2D eigenvalue weighted by molar-refractivity contribution is 8.93. The van der Waals surface area contributed by atoms with E-state index in [1.54, 1.807) is 6.21 Å². The van der Waals surface area contributed by atoms with Crippen LogP contribution in [0, 0.1) is 0 Å². The van der Waals surface area contributed by atoms with Gasteiger partial charge in [0.05, 0.1) is 13.2 Å². The van der Waals surface area contributed by atoms with Crippen LogP contribution in [0.2, 0.25) is 0 Å². The topological polar surface area (TPSA) is 63.0 Å². The van der Waals surface area contributed by atoms with Gasteiger partial charge in [0.25, 0.3) is 5.65 Å². The first-order chi connectivity index (χ1) is 13.7. The summed E-state index contributed by atoms with van der Waals surface area (Å²) >= 11 is 0. The second kappa shape index (κ2) is 11.1. The number of allylic oxidation sites excluding steroid dienone is 1. The van der Waals surface area contributed by atoms with Crippen LogP contribution in [0.3, 0.4) is 0 Å². The predicted molar refractivity (Wildman–Crippen MR) is 124 cm³/mol. The largest absolute Gasteiger partial charge is 1.00 e. The molecule has 3 aromatic rings. The number of pyridine rings is 1. The van der Waals surface area contributed by atoms with Gasteiger partial charge in [-0.3, -0.25) is 0 Å². The minimum atomic E-state index is 0. The minimum Gasteiger partial charge on any atom is -1.00 e. The summed E-state index contributed by atoms with van der Waals surface area (Å²) in [7, 11) is 2.09. The molecule has 0 bridgehead atoms. The highest BCUT2D eigenvalue weighted by Gasteiger charge is 2.15. The number of nitrogens with zero attached hydrogens (tertiary/aromatic N) is 5. The number of guanidine groups is 1. The van der Waals surface area contributed by atoms with Crippen LogP contribution in [-0.2, 0) is 7.05 Å². The summed E-state index contributed by atoms with van der Waals surface area (Å²) in [4.78, 5) is 2.06. The van der Waals surface area contributed by atoms with Crippen LogP contribution >= 0.6 is 17.0 Å². The Morgan fingerprint density at radius 1 is 1.10 bits per heavy atom. The summed E-state index contributed by atoms with van der Waals surface area (Å²) in [5, 5.41) is 8.09. The van der Waals surface area contributed by atoms with Gasteiger partial charge >= 0.3 is 0 Å². The minimum absolute atomic E-state index is 0. The Morgan fingerprint density at radius 3 is 2.53 bits per heavy atom. The number of imidazole rings is 1. The fourth-order valence-corrected chi connectivity index (χ4v) is 3.51. The highest BCUT2D eigenvalue weighted by atomic mass is 79.9. The standard InChI is InChI=1S/C22H25N6.2BrH/c1-26-20(17-28-16-3-2-8-21(26)28)19-11-9-18(10-12-19)7-6-13-24-25-22(23)27-14-4-5-15-27;;/h2-3,6-13,16-17H,4-5,14-15H2,1H3,(H2,23,25);2*1H/q+1;;/p-1/b7-6+,24-13+;;. The predicted octanol–water partition coefficient (Wildman–Crippen LogP) is 0.422. The molecule has 0 atom stereocenters. The number of rotatable bonds is 4. The number of hydrogen-bond acceptors (Lipinski definition) is 2. The normalized spacial score (nSPS) is 14.4. The second-order valence-electron chi connectivity index (χ2n) is 6.94. The van der Waals surface area contributed by atoms with E-state index >= 15 is 0 Å². The summed E-state index contributed by atoms with van der Waals surface area (Å²) in [6.07, 6.45) is 12.1. The van der Waals surface area contributed by atoms with Crippen LogP contribution in [0.1, 0.15) is 18.4 Å². The maximum atomic E-state index is 5.92. The molecule has 1 aliphatic heterocycles. The molecule has 0 unspecified atom stereocenters. The molecule has 0 aliphatic carbocycles. The molecule has 2 aromatic heterocycles. The maximum absolute atomic E-state index is 5.92. The third-order valence-corrected chi connectivity index (χ3v) is 5.07. The zero-order valence-electron chi connectivity index (χ0n) is 16.9. The van der Waals surface area contributed by atoms with Crippen molar-refractivity contribution in [3.05, 3.63) is 66.5 Å². The zero-order chi connectivity index (χ0) is 19.3. The van der Waals surface area contributed by atoms with E-state index < -0.39 is 0 Å². The Bertz CT molecular complexity index is 1050. The van der Waals surface area contributed by atoms with Gasteiger partial charge in [0.15, 0.2) is 5.69 Å². The van der Waals surface area contributed by atoms with Crippen LogP contribution in [0.25, 0.3) is 23.0 Å². The SMILES string of the molecule is Br.Cn1c(-c2ccc(/C=C/C=N/N=C(\N)N3CCCC3)cc2)c[n+]2ccccc12.[Br-]. The Kier molecular flexibility index (Phi) is 8.80. The molecule has 0 spiro atoms. The number of aromatic nitrogens is 2. The van der Waals surface area contributed by atoms with Crippen molar-refractivity contribution < 1.29 is 21.4 Å². The van der Waals surface area contributed by atoms with E-state index in [0.717, 1.165) is 24.3 Å². The lowest BCUT2D eigenvalue weighted by molar-refractivity contribution is -0.510. The molecule has 0 radical (unpaired) electrons. The first-order valence-corrected chi connectivity index (χ1v) is 9.57. The Balaban J connectivity index is 0.00000160. The van der Waals surface area contributed by atoms with Crippen LogP contribution in [-0.4, -0.2) is 34.7 Å². The van der Waals surface area contributed by atoms with Crippen molar-refractivity contribution in [3.63, 3.8) is 0 Å². The van der Waals surface area contributed by atoms with Crippen molar-refractivity contribution in [1.82, 2.24) is 9.47 Å². The van der Waals surface area contributed by atoms with Crippen molar-refractivity contribution in [3.8, 4) is 11.3 Å². The third kappa shape index (κ3) is 5.37. The monoisotopic (exact) mass is 532 g/mol. The van der Waals surface area contributed by atoms with Crippen LogP contribution in [0.15, 0.2) is 71.1 Å². The molecule has 1 aliphatic rings. The van der Waals surface area contributed by atoms with Gasteiger partial charge in [-0.05, 0) is 42.7 Å². The number of likely N-dealkylation sites (tertiary alicyclic amines) is 1. The van der Waals surface area contributed by atoms with Crippen LogP contribution < -0.4 is 27.1 Å². The van der Waals surface area contributed by atoms with E-state index in [-0.39, 0.29) is 34.0 Å². The lowest BCUT2D eigenvalue weighted by atomic mass is 10.1. The van der Waals surface area contributed by atoms with Crippen molar-refractivity contribution in [2.45, 2.75) is 12.8 Å². The molecule has 2 N–H and O–H groups in total. The molecule has 158 valence electrons. The summed E-state index contributed by atoms with van der Waals surface area (Å²) in [6.45, 7) is 1.95. The number of fused-ring (bicyclic) bond motifs is 1. The van der Waals surface area contributed by atoms with E-state index in [4.69, 9.17) is 5.73 Å². The lowest BCUT2D eigenvalue weighted by Crippen LogP contribution is -3.00. The number of benzene rings is 1. The molecule has 3 heterocycles. The summed E-state index contributed by atoms with van der Waals surface area (Å²) in [6, 6.07) is 14.7. The Hall–Kier alpha value is -2.45. The second-order valence-corrected chi connectivity index (χ2v) is 6.94. The van der Waals surface area contributed by atoms with Gasteiger partial charge < -0.3 is 27.6 Å². The Morgan fingerprint density at radius 2 is 1.83 bits per heavy atom. The van der Waals surface area contributed by atoms with E-state index in [0.29, 0.717) is 5.96 Å². The summed E-state index contributed by atoms with van der Waals surface area (Å²) in [5.74, 6) is 0.499. The lowest BCUT2D eigenvalue weighted by Gasteiger charge is -2.13. The molecular formula is C22H26Br2N6. The number of aryl methyl sites for hydroxylation is 1. The van der Waals surface area contributed by atoms with Gasteiger partial charge in [-0.25, -0.2) is 8.97 Å². The third-order valence-electron chi connectivity index (χ3n) is 5.07. The van der Waals surface area contributed by atoms with E-state index in [1.807, 2.05) is 18.2 Å². The summed E-state index contributed by atoms with van der Waals surface area (Å²) in [5.41, 5.74) is 10.5. The van der Waals surface area contributed by atoms with Crippen LogP contribution in [0.4, 0.5) is 0 Å². The fraction of sp³-hybridized carbons (Fsp3) is 0.227. The van der Waals surface area contributed by atoms with E-state index in [2.05, 4.69) is 79.9 Å². The molecule has 1 fully saturated rings. The van der Waals surface area contributed by atoms with Gasteiger partial charge in [0, 0.05) is 30.9 Å². The van der Waals surface area contributed by atoms with Crippen LogP contribution in [0.5, 0.6) is 0 Å². The van der Waals surface area contributed by atoms with Crippen molar-refractivity contribution in [2.24, 2.45) is 23.0 Å². The average Bonchev–Trinajstić information content (AvgIpc) is 3.37. The molecule has 0 amide bonds. The van der Waals surface area contributed by atoms with Gasteiger partial charge in [0.2, 0.25) is 5.96 Å². The van der Waals surface area contributed by atoms with Gasteiger partial charge in [-0.1, -0.05) is 24.3 Å². The van der Waals surface area contributed by atoms with Gasteiger partial charge in [0.1, 0.15) is 6.20 Å². The highest BCUT2D eigenvalue weighted by Crippen LogP contribution is 2.20. The molecular weight excluding hydrogens is 508 g/mol. The Labute approximate surface area is 198 Å². The maximum Gasteiger partial charge on any atom is 0.286 e. The van der Waals surface area contributed by atoms with Crippen molar-refractivity contribution in [2.75, 3.05) is 13.1 Å². The molecule has 0 saturated carbocycles. The summed E-state index contributed by atoms with van der Waals surface area (Å²) < 4.78 is 4.33. The van der Waals surface area contributed by atoms with Gasteiger partial charge in [-0.15, -0.1) is 22.1 Å². The number of hydrogen-bond donors (Lipinski definition) is 1. The van der Waals surface area contributed by atoms with Crippen molar-refractivity contribution in [1.29, 1.82) is 0 Å². The number of halogens is 2. The quantitative estimate of drug-likeness (QED) is 0.229.